The molecule has 1 fully saturated rings. The van der Waals surface area contributed by atoms with Crippen molar-refractivity contribution in [2.24, 2.45) is 0 Å². The van der Waals surface area contributed by atoms with Crippen LogP contribution in [-0.2, 0) is 6.42 Å². The van der Waals surface area contributed by atoms with E-state index in [-0.39, 0.29) is 17.9 Å². The summed E-state index contributed by atoms with van der Waals surface area (Å²) in [5.41, 5.74) is 6.42. The van der Waals surface area contributed by atoms with Crippen molar-refractivity contribution in [3.63, 3.8) is 0 Å². The molecule has 8 heteroatoms. The van der Waals surface area contributed by atoms with Gasteiger partial charge in [-0.1, -0.05) is 18.3 Å². The maximum atomic E-state index is 12.5. The first kappa shape index (κ1) is 16.5. The second kappa shape index (κ2) is 7.04. The summed E-state index contributed by atoms with van der Waals surface area (Å²) in [6, 6.07) is 3.26. The lowest BCUT2D eigenvalue weighted by molar-refractivity contribution is 0.0647. The minimum atomic E-state index is -0.168. The molecule has 3 rings (SSSR count). The Labute approximate surface area is 143 Å². The Morgan fingerprint density at radius 3 is 3.08 bits per heavy atom. The van der Waals surface area contributed by atoms with Crippen molar-refractivity contribution in [3.8, 4) is 0 Å². The number of likely N-dealkylation sites (tertiary alicyclic amines) is 1. The molecule has 24 heavy (non-hydrogen) atoms. The molecule has 0 unspecified atom stereocenters. The van der Waals surface area contributed by atoms with Gasteiger partial charge in [0.05, 0.1) is 12.0 Å². The number of nitrogens with two attached hydrogens (primary N) is 1. The van der Waals surface area contributed by atoms with Gasteiger partial charge < -0.3 is 20.4 Å². The number of piperidine rings is 1. The summed E-state index contributed by atoms with van der Waals surface area (Å²) in [4.78, 5) is 31.3. The Morgan fingerprint density at radius 1 is 1.54 bits per heavy atom. The van der Waals surface area contributed by atoms with E-state index in [4.69, 9.17) is 10.2 Å². The van der Waals surface area contributed by atoms with E-state index in [0.29, 0.717) is 41.0 Å². The highest BCUT2D eigenvalue weighted by Gasteiger charge is 2.28. The third-order valence-electron chi connectivity index (χ3n) is 4.03. The monoisotopic (exact) mass is 348 g/mol. The summed E-state index contributed by atoms with van der Waals surface area (Å²) in [6.07, 6.45) is 3.81. The first-order valence-electron chi connectivity index (χ1n) is 7.97. The normalized spacial score (nSPS) is 17.7. The fourth-order valence-corrected chi connectivity index (χ4v) is 3.70. The van der Waals surface area contributed by atoms with Gasteiger partial charge >= 0.3 is 0 Å². The number of rotatable bonds is 4. The van der Waals surface area contributed by atoms with Crippen LogP contribution in [0.3, 0.4) is 0 Å². The fraction of sp³-hybridized carbons (Fsp3) is 0.438. The molecule has 1 atom stereocenters. The summed E-state index contributed by atoms with van der Waals surface area (Å²) < 4.78 is 5.17. The predicted octanol–water partition coefficient (Wildman–Crippen LogP) is 1.92. The Kier molecular flexibility index (Phi) is 4.84. The zero-order valence-corrected chi connectivity index (χ0v) is 14.3. The predicted molar refractivity (Wildman–Crippen MR) is 91.0 cm³/mol. The van der Waals surface area contributed by atoms with Gasteiger partial charge in [-0.05, 0) is 31.4 Å². The molecule has 0 radical (unpaired) electrons. The van der Waals surface area contributed by atoms with Crippen LogP contribution < -0.4 is 11.1 Å². The number of thiazole rings is 1. The first-order chi connectivity index (χ1) is 11.6. The van der Waals surface area contributed by atoms with Gasteiger partial charge in [-0.3, -0.25) is 9.59 Å². The molecule has 3 N–H and O–H groups in total. The molecular formula is C16H20N4O3S. The average Bonchev–Trinajstić information content (AvgIpc) is 3.23. The number of carbonyl (C=O) groups is 2. The number of amides is 2. The number of aromatic nitrogens is 1. The second-order valence-corrected chi connectivity index (χ2v) is 6.75. The number of nitrogen functional groups attached to an aromatic ring is 1. The lowest BCUT2D eigenvalue weighted by atomic mass is 10.1. The summed E-state index contributed by atoms with van der Waals surface area (Å²) in [6.45, 7) is 3.08. The maximum Gasteiger partial charge on any atom is 0.289 e. The van der Waals surface area contributed by atoms with Crippen LogP contribution in [0.15, 0.2) is 22.8 Å². The van der Waals surface area contributed by atoms with E-state index in [1.165, 1.54) is 17.6 Å². The van der Waals surface area contributed by atoms with Crippen LogP contribution in [0, 0.1) is 0 Å². The molecule has 1 aliphatic rings. The van der Waals surface area contributed by atoms with Crippen molar-refractivity contribution in [1.29, 1.82) is 0 Å². The number of anilines is 1. The molecule has 1 saturated heterocycles. The molecule has 0 saturated carbocycles. The van der Waals surface area contributed by atoms with Gasteiger partial charge in [0.1, 0.15) is 4.88 Å². The highest BCUT2D eigenvalue weighted by molar-refractivity contribution is 7.17. The number of carbonyl (C=O) groups excluding carboxylic acids is 2. The highest BCUT2D eigenvalue weighted by Crippen LogP contribution is 2.22. The molecule has 2 aromatic heterocycles. The SMILES string of the molecule is CCc1nc(N)sc1C(=O)N[C@@H]1CCCN(C(=O)c2ccco2)C1. The molecule has 2 aromatic rings. The Bertz CT molecular complexity index is 726. The van der Waals surface area contributed by atoms with Gasteiger partial charge in [-0.15, -0.1) is 0 Å². The van der Waals surface area contributed by atoms with Crippen molar-refractivity contribution in [2.75, 3.05) is 18.8 Å². The van der Waals surface area contributed by atoms with Gasteiger partial charge in [0.2, 0.25) is 0 Å². The van der Waals surface area contributed by atoms with Crippen molar-refractivity contribution >= 4 is 28.3 Å². The summed E-state index contributed by atoms with van der Waals surface area (Å²) in [7, 11) is 0. The van der Waals surface area contributed by atoms with Crippen molar-refractivity contribution in [1.82, 2.24) is 15.2 Å². The minimum absolute atomic E-state index is 0.0850. The van der Waals surface area contributed by atoms with Gasteiger partial charge in [0, 0.05) is 19.1 Å². The molecule has 0 aromatic carbocycles. The van der Waals surface area contributed by atoms with Gasteiger partial charge in [-0.2, -0.15) is 0 Å². The quantitative estimate of drug-likeness (QED) is 0.879. The van der Waals surface area contributed by atoms with Crippen LogP contribution in [0.1, 0.15) is 45.7 Å². The molecule has 1 aliphatic heterocycles. The van der Waals surface area contributed by atoms with Crippen LogP contribution in [0.2, 0.25) is 0 Å². The zero-order chi connectivity index (χ0) is 17.1. The Balaban J connectivity index is 1.65. The van der Waals surface area contributed by atoms with E-state index in [1.54, 1.807) is 17.0 Å². The smallest absolute Gasteiger partial charge is 0.289 e. The summed E-state index contributed by atoms with van der Waals surface area (Å²) in [5, 5.41) is 3.40. The summed E-state index contributed by atoms with van der Waals surface area (Å²) >= 11 is 1.20. The number of hydrogen-bond donors (Lipinski definition) is 2. The fourth-order valence-electron chi connectivity index (χ4n) is 2.87. The van der Waals surface area contributed by atoms with E-state index in [0.717, 1.165) is 12.8 Å². The van der Waals surface area contributed by atoms with Crippen LogP contribution in [0.5, 0.6) is 0 Å². The second-order valence-electron chi connectivity index (χ2n) is 5.72. The van der Waals surface area contributed by atoms with E-state index in [2.05, 4.69) is 10.3 Å². The zero-order valence-electron chi connectivity index (χ0n) is 13.4. The molecule has 2 amide bonds. The molecule has 0 aliphatic carbocycles. The molecule has 3 heterocycles. The summed E-state index contributed by atoms with van der Waals surface area (Å²) in [5.74, 6) is 0.0130. The minimum Gasteiger partial charge on any atom is -0.459 e. The number of nitrogens with zero attached hydrogens (tertiary/aromatic N) is 2. The lowest BCUT2D eigenvalue weighted by Crippen LogP contribution is -2.49. The van der Waals surface area contributed by atoms with Crippen molar-refractivity contribution < 1.29 is 14.0 Å². The lowest BCUT2D eigenvalue weighted by Gasteiger charge is -2.32. The Hall–Kier alpha value is -2.35. The molecule has 0 bridgehead atoms. The van der Waals surface area contributed by atoms with E-state index in [9.17, 15) is 9.59 Å². The van der Waals surface area contributed by atoms with Crippen LogP contribution in [0.4, 0.5) is 5.13 Å². The van der Waals surface area contributed by atoms with Crippen LogP contribution in [-0.4, -0.2) is 40.8 Å². The third kappa shape index (κ3) is 3.43. The van der Waals surface area contributed by atoms with Gasteiger partial charge in [-0.25, -0.2) is 4.98 Å². The van der Waals surface area contributed by atoms with Crippen LogP contribution in [0.25, 0.3) is 0 Å². The third-order valence-corrected chi connectivity index (χ3v) is 4.96. The number of aryl methyl sites for hydroxylation is 1. The average molecular weight is 348 g/mol. The molecule has 0 spiro atoms. The number of nitrogens with one attached hydrogen (secondary N) is 1. The first-order valence-corrected chi connectivity index (χ1v) is 8.79. The van der Waals surface area contributed by atoms with Gasteiger partial charge in [0.25, 0.3) is 11.8 Å². The van der Waals surface area contributed by atoms with E-state index < -0.39 is 0 Å². The van der Waals surface area contributed by atoms with Gasteiger partial charge in [0.15, 0.2) is 10.9 Å². The highest BCUT2D eigenvalue weighted by atomic mass is 32.1. The standard InChI is InChI=1S/C16H20N4O3S/c1-2-11-13(24-16(17)19-11)14(21)18-10-5-3-7-20(9-10)15(22)12-6-4-8-23-12/h4,6,8,10H,2-3,5,7,9H2,1H3,(H2,17,19)(H,18,21)/t10-/m1/s1. The molecule has 128 valence electrons. The maximum absolute atomic E-state index is 12.5. The molecule has 7 nitrogen and oxygen atoms in total. The topological polar surface area (TPSA) is 101 Å². The Morgan fingerprint density at radius 2 is 2.38 bits per heavy atom. The van der Waals surface area contributed by atoms with Crippen molar-refractivity contribution in [3.05, 3.63) is 34.7 Å². The van der Waals surface area contributed by atoms with Crippen LogP contribution >= 0.6 is 11.3 Å². The number of furan rings is 1. The van der Waals surface area contributed by atoms with E-state index >= 15 is 0 Å². The number of hydrogen-bond acceptors (Lipinski definition) is 6. The van der Waals surface area contributed by atoms with Crippen molar-refractivity contribution in [2.45, 2.75) is 32.2 Å². The van der Waals surface area contributed by atoms with E-state index in [1.807, 2.05) is 6.92 Å². The molecular weight excluding hydrogens is 328 g/mol. The largest absolute Gasteiger partial charge is 0.459 e.